The fourth-order valence-corrected chi connectivity index (χ4v) is 2.80. The Kier molecular flexibility index (Phi) is 5.41. The average molecular weight is 305 g/mol. The SMILES string of the molecule is CCCc1ccc(OC(C)C(=O)N2CCCC2C(=O)O)cc1. The van der Waals surface area contributed by atoms with E-state index in [0.717, 1.165) is 19.3 Å². The molecule has 2 rings (SSSR count). The number of benzene rings is 1. The number of amides is 1. The van der Waals surface area contributed by atoms with E-state index in [4.69, 9.17) is 9.84 Å². The molecular weight excluding hydrogens is 282 g/mol. The molecule has 120 valence electrons. The molecule has 0 spiro atoms. The fourth-order valence-electron chi connectivity index (χ4n) is 2.80. The topological polar surface area (TPSA) is 66.8 Å². The van der Waals surface area contributed by atoms with Crippen molar-refractivity contribution in [1.82, 2.24) is 4.90 Å². The molecule has 1 heterocycles. The third-order valence-electron chi connectivity index (χ3n) is 3.94. The van der Waals surface area contributed by atoms with Gasteiger partial charge in [0.1, 0.15) is 11.8 Å². The lowest BCUT2D eigenvalue weighted by Crippen LogP contribution is -2.46. The van der Waals surface area contributed by atoms with Crippen molar-refractivity contribution in [3.63, 3.8) is 0 Å². The number of ether oxygens (including phenoxy) is 1. The van der Waals surface area contributed by atoms with Crippen molar-refractivity contribution in [3.05, 3.63) is 29.8 Å². The summed E-state index contributed by atoms with van der Waals surface area (Å²) in [5.74, 6) is -0.573. The summed E-state index contributed by atoms with van der Waals surface area (Å²) in [7, 11) is 0. The Morgan fingerprint density at radius 1 is 1.36 bits per heavy atom. The normalized spacial score (nSPS) is 19.0. The van der Waals surface area contributed by atoms with E-state index in [0.29, 0.717) is 18.7 Å². The Bertz CT molecular complexity index is 526. The first kappa shape index (κ1) is 16.3. The Labute approximate surface area is 130 Å². The molecule has 0 bridgehead atoms. The molecule has 0 aromatic heterocycles. The summed E-state index contributed by atoms with van der Waals surface area (Å²) in [5, 5.41) is 9.15. The minimum atomic E-state index is -0.943. The zero-order chi connectivity index (χ0) is 16.1. The summed E-state index contributed by atoms with van der Waals surface area (Å²) in [6, 6.07) is 6.98. The zero-order valence-electron chi connectivity index (χ0n) is 13.1. The van der Waals surface area contributed by atoms with Crippen molar-refractivity contribution in [3.8, 4) is 5.75 Å². The Hall–Kier alpha value is -2.04. The monoisotopic (exact) mass is 305 g/mol. The van der Waals surface area contributed by atoms with E-state index in [-0.39, 0.29) is 5.91 Å². The highest BCUT2D eigenvalue weighted by atomic mass is 16.5. The van der Waals surface area contributed by atoms with Gasteiger partial charge in [-0.2, -0.15) is 0 Å². The molecule has 0 radical (unpaired) electrons. The highest BCUT2D eigenvalue weighted by molar-refractivity contribution is 5.87. The number of hydrogen-bond donors (Lipinski definition) is 1. The molecule has 1 N–H and O–H groups in total. The second-order valence-electron chi connectivity index (χ2n) is 5.68. The second kappa shape index (κ2) is 7.29. The summed E-state index contributed by atoms with van der Waals surface area (Å²) in [6.45, 7) is 4.28. The largest absolute Gasteiger partial charge is 0.481 e. The van der Waals surface area contributed by atoms with Gasteiger partial charge < -0.3 is 14.7 Å². The van der Waals surface area contributed by atoms with Gasteiger partial charge >= 0.3 is 5.97 Å². The van der Waals surface area contributed by atoms with Crippen LogP contribution < -0.4 is 4.74 Å². The predicted molar refractivity (Wildman–Crippen MR) is 82.9 cm³/mol. The Morgan fingerprint density at radius 3 is 2.64 bits per heavy atom. The van der Waals surface area contributed by atoms with Crippen molar-refractivity contribution >= 4 is 11.9 Å². The molecule has 2 unspecified atom stereocenters. The van der Waals surface area contributed by atoms with Gasteiger partial charge in [0.05, 0.1) is 0 Å². The molecule has 2 atom stereocenters. The molecule has 0 saturated carbocycles. The third kappa shape index (κ3) is 3.78. The van der Waals surface area contributed by atoms with E-state index in [1.54, 1.807) is 6.92 Å². The van der Waals surface area contributed by atoms with Crippen LogP contribution in [0.2, 0.25) is 0 Å². The van der Waals surface area contributed by atoms with Crippen LogP contribution in [-0.4, -0.2) is 40.6 Å². The first-order chi connectivity index (χ1) is 10.5. The number of carboxylic acids is 1. The fraction of sp³-hybridized carbons (Fsp3) is 0.529. The van der Waals surface area contributed by atoms with Crippen LogP contribution in [0.3, 0.4) is 0 Å². The number of carbonyl (C=O) groups excluding carboxylic acids is 1. The van der Waals surface area contributed by atoms with E-state index in [9.17, 15) is 9.59 Å². The number of likely N-dealkylation sites (tertiary alicyclic amines) is 1. The van der Waals surface area contributed by atoms with Gasteiger partial charge in [-0.1, -0.05) is 25.5 Å². The van der Waals surface area contributed by atoms with Crippen LogP contribution in [0, 0.1) is 0 Å². The number of carboxylic acid groups (broad SMARTS) is 1. The minimum Gasteiger partial charge on any atom is -0.481 e. The first-order valence-electron chi connectivity index (χ1n) is 7.81. The molecule has 1 saturated heterocycles. The zero-order valence-corrected chi connectivity index (χ0v) is 13.1. The maximum absolute atomic E-state index is 12.4. The van der Waals surface area contributed by atoms with E-state index < -0.39 is 18.1 Å². The molecule has 1 aromatic carbocycles. The highest BCUT2D eigenvalue weighted by Crippen LogP contribution is 2.21. The van der Waals surface area contributed by atoms with Crippen molar-refractivity contribution in [2.24, 2.45) is 0 Å². The average Bonchev–Trinajstić information content (AvgIpc) is 2.98. The summed E-state index contributed by atoms with van der Waals surface area (Å²) in [5.41, 5.74) is 1.24. The molecule has 22 heavy (non-hydrogen) atoms. The third-order valence-corrected chi connectivity index (χ3v) is 3.94. The molecular formula is C17H23NO4. The number of aliphatic carboxylic acids is 1. The molecule has 1 aliphatic heterocycles. The van der Waals surface area contributed by atoms with Gasteiger partial charge in [-0.25, -0.2) is 4.79 Å². The molecule has 5 nitrogen and oxygen atoms in total. The van der Waals surface area contributed by atoms with Crippen molar-refractivity contribution in [2.75, 3.05) is 6.54 Å². The molecule has 1 fully saturated rings. The molecule has 1 amide bonds. The smallest absolute Gasteiger partial charge is 0.326 e. The number of nitrogens with zero attached hydrogens (tertiary/aromatic N) is 1. The van der Waals surface area contributed by atoms with Crippen LogP contribution in [0.25, 0.3) is 0 Å². The lowest BCUT2D eigenvalue weighted by molar-refractivity contribution is -0.150. The Balaban J connectivity index is 1.97. The van der Waals surface area contributed by atoms with E-state index in [2.05, 4.69) is 6.92 Å². The maximum atomic E-state index is 12.4. The van der Waals surface area contributed by atoms with Gasteiger partial charge in [0.25, 0.3) is 5.91 Å². The summed E-state index contributed by atoms with van der Waals surface area (Å²) in [4.78, 5) is 24.9. The quantitative estimate of drug-likeness (QED) is 0.877. The number of carbonyl (C=O) groups is 2. The van der Waals surface area contributed by atoms with Crippen LogP contribution in [-0.2, 0) is 16.0 Å². The molecule has 0 aliphatic carbocycles. The van der Waals surface area contributed by atoms with Crippen LogP contribution in [0.5, 0.6) is 5.75 Å². The summed E-state index contributed by atoms with van der Waals surface area (Å²) >= 11 is 0. The summed E-state index contributed by atoms with van der Waals surface area (Å²) in [6.07, 6.45) is 2.65. The molecule has 1 aromatic rings. The number of hydrogen-bond acceptors (Lipinski definition) is 3. The van der Waals surface area contributed by atoms with Crippen LogP contribution in [0.1, 0.15) is 38.7 Å². The van der Waals surface area contributed by atoms with Gasteiger partial charge in [0.15, 0.2) is 6.10 Å². The Morgan fingerprint density at radius 2 is 2.05 bits per heavy atom. The van der Waals surface area contributed by atoms with Crippen molar-refractivity contribution in [1.29, 1.82) is 0 Å². The highest BCUT2D eigenvalue weighted by Gasteiger charge is 2.36. The minimum absolute atomic E-state index is 0.262. The van der Waals surface area contributed by atoms with Crippen molar-refractivity contribution in [2.45, 2.75) is 51.7 Å². The lowest BCUT2D eigenvalue weighted by atomic mass is 10.1. The van der Waals surface area contributed by atoms with Gasteiger partial charge in [-0.15, -0.1) is 0 Å². The number of rotatable bonds is 6. The van der Waals surface area contributed by atoms with Gasteiger partial charge in [-0.3, -0.25) is 4.79 Å². The van der Waals surface area contributed by atoms with Crippen LogP contribution in [0.15, 0.2) is 24.3 Å². The lowest BCUT2D eigenvalue weighted by Gasteiger charge is -2.25. The van der Waals surface area contributed by atoms with Crippen molar-refractivity contribution < 1.29 is 19.4 Å². The second-order valence-corrected chi connectivity index (χ2v) is 5.68. The van der Waals surface area contributed by atoms with E-state index in [1.807, 2.05) is 24.3 Å². The van der Waals surface area contributed by atoms with E-state index >= 15 is 0 Å². The van der Waals surface area contributed by atoms with Gasteiger partial charge in [0.2, 0.25) is 0 Å². The van der Waals surface area contributed by atoms with E-state index in [1.165, 1.54) is 10.5 Å². The van der Waals surface area contributed by atoms with Crippen LogP contribution >= 0.6 is 0 Å². The number of aryl methyl sites for hydroxylation is 1. The standard InChI is InChI=1S/C17H23NO4/c1-3-5-13-7-9-14(10-8-13)22-12(2)16(19)18-11-4-6-15(18)17(20)21/h7-10,12,15H,3-6,11H2,1-2H3,(H,20,21). The van der Waals surface area contributed by atoms with Gasteiger partial charge in [-0.05, 0) is 43.9 Å². The first-order valence-corrected chi connectivity index (χ1v) is 7.81. The summed E-state index contributed by atoms with van der Waals surface area (Å²) < 4.78 is 5.67. The predicted octanol–water partition coefficient (Wildman–Crippen LogP) is 2.48. The van der Waals surface area contributed by atoms with Gasteiger partial charge in [0, 0.05) is 6.54 Å². The molecule has 5 heteroatoms. The van der Waals surface area contributed by atoms with Crippen LogP contribution in [0.4, 0.5) is 0 Å². The molecule has 1 aliphatic rings. The maximum Gasteiger partial charge on any atom is 0.326 e.